The Labute approximate surface area is 132 Å². The van der Waals surface area contributed by atoms with Crippen LogP contribution in [0.4, 0.5) is 10.1 Å². The third-order valence-corrected chi connectivity index (χ3v) is 3.55. The van der Waals surface area contributed by atoms with Crippen LogP contribution in [0.15, 0.2) is 42.6 Å². The zero-order valence-corrected chi connectivity index (χ0v) is 12.8. The second kappa shape index (κ2) is 6.08. The molecule has 0 bridgehead atoms. The van der Waals surface area contributed by atoms with Crippen molar-refractivity contribution in [3.8, 4) is 5.75 Å². The lowest BCUT2D eigenvalue weighted by Gasteiger charge is -2.07. The number of nitrogens with one attached hydrogen (secondary N) is 1. The third-order valence-electron chi connectivity index (χ3n) is 3.55. The summed E-state index contributed by atoms with van der Waals surface area (Å²) >= 11 is 0. The van der Waals surface area contributed by atoms with Crippen molar-refractivity contribution in [2.24, 2.45) is 0 Å². The van der Waals surface area contributed by atoms with Gasteiger partial charge in [0.15, 0.2) is 0 Å². The molecule has 0 spiro atoms. The molecule has 0 aliphatic rings. The van der Waals surface area contributed by atoms with Crippen LogP contribution in [0.5, 0.6) is 5.75 Å². The number of fused-ring (bicyclic) bond motifs is 1. The maximum atomic E-state index is 13.5. The largest absolute Gasteiger partial charge is 0.497 e. The number of amides is 1. The topological polar surface area (TPSA) is 55.6 Å². The molecular weight excluding hydrogens is 297 g/mol. The molecule has 23 heavy (non-hydrogen) atoms. The molecule has 0 atom stereocenters. The van der Waals surface area contributed by atoms with E-state index in [-0.39, 0.29) is 5.91 Å². The predicted octanol–water partition coefficient (Wildman–Crippen LogP) is 3.30. The summed E-state index contributed by atoms with van der Waals surface area (Å²) in [5.41, 5.74) is 2.15. The monoisotopic (exact) mass is 313 g/mol. The fraction of sp³-hybridized carbons (Fsp3) is 0.176. The number of benzene rings is 1. The van der Waals surface area contributed by atoms with Crippen LogP contribution >= 0.6 is 0 Å². The number of aryl methyl sites for hydroxylation is 1. The van der Waals surface area contributed by atoms with E-state index in [1.165, 1.54) is 16.7 Å². The van der Waals surface area contributed by atoms with E-state index >= 15 is 0 Å². The number of rotatable bonds is 4. The molecule has 1 aromatic carbocycles. The summed E-state index contributed by atoms with van der Waals surface area (Å²) < 4.78 is 20.1. The molecule has 2 heterocycles. The van der Waals surface area contributed by atoms with Crippen LogP contribution in [0.3, 0.4) is 0 Å². The first-order chi connectivity index (χ1) is 11.1. The number of anilines is 1. The molecule has 118 valence electrons. The highest BCUT2D eigenvalue weighted by Crippen LogP contribution is 2.19. The number of carbonyl (C=O) groups excluding carboxylic acids is 1. The first-order valence-electron chi connectivity index (χ1n) is 7.24. The molecule has 0 saturated carbocycles. The Morgan fingerprint density at radius 1 is 1.26 bits per heavy atom. The second-order valence-electron chi connectivity index (χ2n) is 5.02. The minimum Gasteiger partial charge on any atom is -0.497 e. The number of carbonyl (C=O) groups is 1. The van der Waals surface area contributed by atoms with Crippen molar-refractivity contribution < 1.29 is 13.9 Å². The second-order valence-corrected chi connectivity index (χ2v) is 5.02. The molecule has 0 radical (unpaired) electrons. The van der Waals surface area contributed by atoms with Gasteiger partial charge in [0.25, 0.3) is 5.91 Å². The smallest absolute Gasteiger partial charge is 0.274 e. The Hall–Kier alpha value is -2.89. The van der Waals surface area contributed by atoms with Gasteiger partial charge < -0.3 is 10.1 Å². The van der Waals surface area contributed by atoms with Crippen LogP contribution < -0.4 is 10.1 Å². The summed E-state index contributed by atoms with van der Waals surface area (Å²) in [6, 6.07) is 9.87. The standard InChI is InChI=1S/C17H16FN3O2/c1-3-14-16(21-10-11(18)4-9-15(21)20-14)17(22)19-12-5-7-13(23-2)8-6-12/h4-10H,3H2,1-2H3,(H,19,22). The Morgan fingerprint density at radius 3 is 2.65 bits per heavy atom. The van der Waals surface area contributed by atoms with E-state index in [9.17, 15) is 9.18 Å². The minimum atomic E-state index is -0.420. The van der Waals surface area contributed by atoms with E-state index in [1.54, 1.807) is 37.4 Å². The average Bonchev–Trinajstić information content (AvgIpc) is 2.93. The number of halogens is 1. The first kappa shape index (κ1) is 15.0. The maximum absolute atomic E-state index is 13.5. The van der Waals surface area contributed by atoms with E-state index < -0.39 is 5.82 Å². The number of hydrogen-bond acceptors (Lipinski definition) is 3. The number of aromatic nitrogens is 2. The van der Waals surface area contributed by atoms with Gasteiger partial charge >= 0.3 is 0 Å². The number of ether oxygens (including phenoxy) is 1. The third kappa shape index (κ3) is 2.88. The Kier molecular flexibility index (Phi) is 3.97. The Morgan fingerprint density at radius 2 is 2.00 bits per heavy atom. The number of nitrogens with zero attached hydrogens (tertiary/aromatic N) is 2. The molecule has 6 heteroatoms. The molecule has 0 fully saturated rings. The predicted molar refractivity (Wildman–Crippen MR) is 85.5 cm³/mol. The molecule has 1 amide bonds. The molecule has 3 aromatic rings. The highest BCUT2D eigenvalue weighted by molar-refractivity contribution is 6.04. The number of methoxy groups -OCH3 is 1. The van der Waals surface area contributed by atoms with Crippen molar-refractivity contribution in [3.05, 3.63) is 59.8 Å². The van der Waals surface area contributed by atoms with E-state index in [1.807, 2.05) is 6.92 Å². The van der Waals surface area contributed by atoms with Crippen LogP contribution in [-0.4, -0.2) is 22.4 Å². The lowest BCUT2D eigenvalue weighted by Crippen LogP contribution is -2.16. The lowest BCUT2D eigenvalue weighted by atomic mass is 10.2. The number of pyridine rings is 1. The maximum Gasteiger partial charge on any atom is 0.274 e. The van der Waals surface area contributed by atoms with Crippen LogP contribution in [0.25, 0.3) is 5.65 Å². The van der Waals surface area contributed by atoms with Gasteiger partial charge in [-0.1, -0.05) is 6.92 Å². The highest BCUT2D eigenvalue weighted by atomic mass is 19.1. The van der Waals surface area contributed by atoms with Crippen LogP contribution in [0.1, 0.15) is 23.1 Å². The summed E-state index contributed by atoms with van der Waals surface area (Å²) in [6.07, 6.45) is 1.85. The summed E-state index contributed by atoms with van der Waals surface area (Å²) in [6.45, 7) is 1.91. The van der Waals surface area contributed by atoms with Gasteiger partial charge in [-0.25, -0.2) is 9.37 Å². The van der Waals surface area contributed by atoms with Gasteiger partial charge in [-0.15, -0.1) is 0 Å². The molecule has 5 nitrogen and oxygen atoms in total. The Bertz CT molecular complexity index is 856. The molecule has 0 saturated heterocycles. The van der Waals surface area contributed by atoms with E-state index in [0.29, 0.717) is 34.9 Å². The molecule has 0 aliphatic carbocycles. The minimum absolute atomic E-state index is 0.329. The number of hydrogen-bond donors (Lipinski definition) is 1. The first-order valence-corrected chi connectivity index (χ1v) is 7.24. The quantitative estimate of drug-likeness (QED) is 0.804. The summed E-state index contributed by atoms with van der Waals surface area (Å²) in [7, 11) is 1.58. The van der Waals surface area contributed by atoms with E-state index in [0.717, 1.165) is 0 Å². The van der Waals surface area contributed by atoms with Crippen molar-refractivity contribution >= 4 is 17.2 Å². The van der Waals surface area contributed by atoms with Gasteiger partial charge in [0.2, 0.25) is 0 Å². The molecule has 1 N–H and O–H groups in total. The van der Waals surface area contributed by atoms with Crippen LogP contribution in [-0.2, 0) is 6.42 Å². The van der Waals surface area contributed by atoms with Crippen molar-refractivity contribution in [2.45, 2.75) is 13.3 Å². The van der Waals surface area contributed by atoms with Gasteiger partial charge in [0, 0.05) is 11.9 Å². The zero-order chi connectivity index (χ0) is 16.4. The van der Waals surface area contributed by atoms with Crippen LogP contribution in [0, 0.1) is 5.82 Å². The highest BCUT2D eigenvalue weighted by Gasteiger charge is 2.18. The van der Waals surface area contributed by atoms with Crippen molar-refractivity contribution in [1.29, 1.82) is 0 Å². The Balaban J connectivity index is 1.97. The molecule has 0 aliphatic heterocycles. The van der Waals surface area contributed by atoms with Gasteiger partial charge in [-0.05, 0) is 42.8 Å². The lowest BCUT2D eigenvalue weighted by molar-refractivity contribution is 0.102. The molecule has 2 aromatic heterocycles. The van der Waals surface area contributed by atoms with Crippen LogP contribution in [0.2, 0.25) is 0 Å². The SMILES string of the molecule is CCc1nc2ccc(F)cn2c1C(=O)Nc1ccc(OC)cc1. The summed E-state index contributed by atoms with van der Waals surface area (Å²) in [5, 5.41) is 2.80. The van der Waals surface area contributed by atoms with Crippen molar-refractivity contribution in [3.63, 3.8) is 0 Å². The van der Waals surface area contributed by atoms with Gasteiger partial charge in [0.05, 0.1) is 12.8 Å². The van der Waals surface area contributed by atoms with E-state index in [4.69, 9.17) is 4.74 Å². The van der Waals surface area contributed by atoms with Gasteiger partial charge in [0.1, 0.15) is 22.9 Å². The molecule has 0 unspecified atom stereocenters. The van der Waals surface area contributed by atoms with Crippen molar-refractivity contribution in [1.82, 2.24) is 9.38 Å². The normalized spacial score (nSPS) is 10.7. The zero-order valence-electron chi connectivity index (χ0n) is 12.8. The molecular formula is C17H16FN3O2. The fourth-order valence-electron chi connectivity index (χ4n) is 2.42. The van der Waals surface area contributed by atoms with E-state index in [2.05, 4.69) is 10.3 Å². The molecule has 3 rings (SSSR count). The average molecular weight is 313 g/mol. The number of imidazole rings is 1. The van der Waals surface area contributed by atoms with Gasteiger partial charge in [-0.3, -0.25) is 9.20 Å². The summed E-state index contributed by atoms with van der Waals surface area (Å²) in [4.78, 5) is 17.0. The summed E-state index contributed by atoms with van der Waals surface area (Å²) in [5.74, 6) is -0.0460. The van der Waals surface area contributed by atoms with Crippen molar-refractivity contribution in [2.75, 3.05) is 12.4 Å². The van der Waals surface area contributed by atoms with Gasteiger partial charge in [-0.2, -0.15) is 0 Å². The fourth-order valence-corrected chi connectivity index (χ4v) is 2.42.